The molecule has 88 valence electrons. The van der Waals surface area contributed by atoms with Gasteiger partial charge in [-0.05, 0) is 31.2 Å². The Kier molecular flexibility index (Phi) is 5.22. The van der Waals surface area contributed by atoms with Crippen LogP contribution < -0.4 is 10.6 Å². The molecular formula is C11H14ClFN2O. The quantitative estimate of drug-likeness (QED) is 0.781. The summed E-state index contributed by atoms with van der Waals surface area (Å²) in [7, 11) is 0. The van der Waals surface area contributed by atoms with Gasteiger partial charge in [0.25, 0.3) is 0 Å². The Balaban J connectivity index is 2.49. The lowest BCUT2D eigenvalue weighted by Gasteiger charge is -2.07. The molecule has 2 N–H and O–H groups in total. The van der Waals surface area contributed by atoms with Gasteiger partial charge in [-0.3, -0.25) is 4.79 Å². The van der Waals surface area contributed by atoms with Crippen molar-refractivity contribution in [3.05, 3.63) is 29.0 Å². The normalized spacial score (nSPS) is 10.2. The zero-order valence-electron chi connectivity index (χ0n) is 9.02. The van der Waals surface area contributed by atoms with Crippen molar-refractivity contribution in [3.8, 4) is 0 Å². The molecule has 0 radical (unpaired) electrons. The molecule has 0 saturated carbocycles. The number of hydrogen-bond acceptors (Lipinski definition) is 2. The van der Waals surface area contributed by atoms with E-state index in [1.807, 2.05) is 6.92 Å². The molecule has 0 spiro atoms. The summed E-state index contributed by atoms with van der Waals surface area (Å²) in [4.78, 5) is 11.4. The fraction of sp³-hybridized carbons (Fsp3) is 0.364. The minimum atomic E-state index is -0.531. The van der Waals surface area contributed by atoms with Gasteiger partial charge in [-0.15, -0.1) is 0 Å². The summed E-state index contributed by atoms with van der Waals surface area (Å²) in [5, 5.41) is 5.69. The first-order valence-electron chi connectivity index (χ1n) is 5.09. The maximum Gasteiger partial charge on any atom is 0.238 e. The highest BCUT2D eigenvalue weighted by atomic mass is 35.5. The largest absolute Gasteiger partial charge is 0.322 e. The number of carbonyl (C=O) groups excluding carboxylic acids is 1. The second kappa shape index (κ2) is 6.45. The molecule has 1 amide bonds. The molecule has 0 aliphatic rings. The highest BCUT2D eigenvalue weighted by molar-refractivity contribution is 6.30. The van der Waals surface area contributed by atoms with E-state index >= 15 is 0 Å². The van der Waals surface area contributed by atoms with Crippen LogP contribution in [0.15, 0.2) is 18.2 Å². The van der Waals surface area contributed by atoms with Crippen LogP contribution in [0, 0.1) is 5.82 Å². The Morgan fingerprint density at radius 2 is 2.25 bits per heavy atom. The maximum absolute atomic E-state index is 13.3. The van der Waals surface area contributed by atoms with Crippen LogP contribution in [0.4, 0.5) is 10.1 Å². The molecule has 0 atom stereocenters. The second-order valence-electron chi connectivity index (χ2n) is 3.35. The van der Waals surface area contributed by atoms with Crippen molar-refractivity contribution < 1.29 is 9.18 Å². The molecule has 0 fully saturated rings. The average molecular weight is 245 g/mol. The Labute approximate surface area is 99.0 Å². The average Bonchev–Trinajstić information content (AvgIpc) is 2.23. The molecule has 0 aliphatic carbocycles. The van der Waals surface area contributed by atoms with Crippen LogP contribution in [0.1, 0.15) is 13.3 Å². The first-order chi connectivity index (χ1) is 7.63. The number of rotatable bonds is 5. The molecular weight excluding hydrogens is 231 g/mol. The van der Waals surface area contributed by atoms with Gasteiger partial charge in [-0.25, -0.2) is 4.39 Å². The standard InChI is InChI=1S/C11H14ClFN2O/c1-2-5-14-7-11(16)15-10-4-3-8(12)6-9(10)13/h3-4,6,14H,2,5,7H2,1H3,(H,15,16). The molecule has 0 aliphatic heterocycles. The zero-order chi connectivity index (χ0) is 12.0. The first-order valence-corrected chi connectivity index (χ1v) is 5.47. The van der Waals surface area contributed by atoms with Gasteiger partial charge in [0, 0.05) is 5.02 Å². The molecule has 0 bridgehead atoms. The third-order valence-electron chi connectivity index (χ3n) is 1.92. The van der Waals surface area contributed by atoms with Crippen LogP contribution in [0.5, 0.6) is 0 Å². The molecule has 16 heavy (non-hydrogen) atoms. The molecule has 1 aromatic rings. The predicted octanol–water partition coefficient (Wildman–Crippen LogP) is 2.42. The Morgan fingerprint density at radius 1 is 1.50 bits per heavy atom. The van der Waals surface area contributed by atoms with E-state index in [0.29, 0.717) is 5.02 Å². The molecule has 0 saturated heterocycles. The van der Waals surface area contributed by atoms with Crippen LogP contribution in [0.2, 0.25) is 5.02 Å². The van der Waals surface area contributed by atoms with Gasteiger partial charge >= 0.3 is 0 Å². The topological polar surface area (TPSA) is 41.1 Å². The number of amides is 1. The first kappa shape index (κ1) is 12.9. The van der Waals surface area contributed by atoms with Crippen molar-refractivity contribution in [1.82, 2.24) is 5.32 Å². The van der Waals surface area contributed by atoms with E-state index in [-0.39, 0.29) is 18.1 Å². The van der Waals surface area contributed by atoms with Crippen molar-refractivity contribution in [2.24, 2.45) is 0 Å². The van der Waals surface area contributed by atoms with Crippen molar-refractivity contribution in [3.63, 3.8) is 0 Å². The minimum Gasteiger partial charge on any atom is -0.322 e. The fourth-order valence-electron chi connectivity index (χ4n) is 1.16. The number of anilines is 1. The van der Waals surface area contributed by atoms with Crippen LogP contribution in [-0.4, -0.2) is 19.0 Å². The monoisotopic (exact) mass is 244 g/mol. The summed E-state index contributed by atoms with van der Waals surface area (Å²) >= 11 is 5.59. The van der Waals surface area contributed by atoms with Gasteiger partial charge in [0.2, 0.25) is 5.91 Å². The van der Waals surface area contributed by atoms with Crippen molar-refractivity contribution in [2.75, 3.05) is 18.4 Å². The molecule has 1 aromatic carbocycles. The highest BCUT2D eigenvalue weighted by Crippen LogP contribution is 2.18. The smallest absolute Gasteiger partial charge is 0.238 e. The van der Waals surface area contributed by atoms with E-state index in [1.165, 1.54) is 12.1 Å². The maximum atomic E-state index is 13.3. The van der Waals surface area contributed by atoms with E-state index in [9.17, 15) is 9.18 Å². The lowest BCUT2D eigenvalue weighted by atomic mass is 10.3. The molecule has 5 heteroatoms. The molecule has 3 nitrogen and oxygen atoms in total. The number of nitrogens with one attached hydrogen (secondary N) is 2. The van der Waals surface area contributed by atoms with E-state index in [0.717, 1.165) is 19.0 Å². The van der Waals surface area contributed by atoms with Crippen LogP contribution >= 0.6 is 11.6 Å². The fourth-order valence-corrected chi connectivity index (χ4v) is 1.32. The molecule has 1 rings (SSSR count). The minimum absolute atomic E-state index is 0.146. The van der Waals surface area contributed by atoms with Gasteiger partial charge in [-0.1, -0.05) is 18.5 Å². The zero-order valence-corrected chi connectivity index (χ0v) is 9.77. The Bertz CT molecular complexity index is 371. The number of benzene rings is 1. The van der Waals surface area contributed by atoms with Gasteiger partial charge in [0.1, 0.15) is 5.82 Å². The third kappa shape index (κ3) is 4.16. The summed E-state index contributed by atoms with van der Waals surface area (Å²) in [5.41, 5.74) is 0.146. The summed E-state index contributed by atoms with van der Waals surface area (Å²) in [6, 6.07) is 4.13. The highest BCUT2D eigenvalue weighted by Gasteiger charge is 2.06. The number of carbonyl (C=O) groups is 1. The van der Waals surface area contributed by atoms with E-state index in [1.54, 1.807) is 0 Å². The van der Waals surface area contributed by atoms with E-state index in [2.05, 4.69) is 10.6 Å². The van der Waals surface area contributed by atoms with Crippen molar-refractivity contribution >= 4 is 23.2 Å². The second-order valence-corrected chi connectivity index (χ2v) is 3.79. The van der Waals surface area contributed by atoms with E-state index in [4.69, 9.17) is 11.6 Å². The van der Waals surface area contributed by atoms with Gasteiger partial charge in [-0.2, -0.15) is 0 Å². The number of halogens is 2. The third-order valence-corrected chi connectivity index (χ3v) is 2.15. The van der Waals surface area contributed by atoms with Gasteiger partial charge in [0.15, 0.2) is 0 Å². The van der Waals surface area contributed by atoms with Crippen molar-refractivity contribution in [1.29, 1.82) is 0 Å². The van der Waals surface area contributed by atoms with Gasteiger partial charge in [0.05, 0.1) is 12.2 Å². The Morgan fingerprint density at radius 3 is 2.88 bits per heavy atom. The van der Waals surface area contributed by atoms with E-state index < -0.39 is 5.82 Å². The van der Waals surface area contributed by atoms with Crippen LogP contribution in [0.25, 0.3) is 0 Å². The summed E-state index contributed by atoms with van der Waals surface area (Å²) in [6.07, 6.45) is 0.947. The number of hydrogen-bond donors (Lipinski definition) is 2. The SMILES string of the molecule is CCCNCC(=O)Nc1ccc(Cl)cc1F. The summed E-state index contributed by atoms with van der Waals surface area (Å²) in [5.74, 6) is -0.800. The van der Waals surface area contributed by atoms with Crippen molar-refractivity contribution in [2.45, 2.75) is 13.3 Å². The summed E-state index contributed by atoms with van der Waals surface area (Å²) in [6.45, 7) is 2.94. The predicted molar refractivity (Wildman–Crippen MR) is 63.2 cm³/mol. The van der Waals surface area contributed by atoms with Crippen LogP contribution in [-0.2, 0) is 4.79 Å². The lowest BCUT2D eigenvalue weighted by molar-refractivity contribution is -0.115. The van der Waals surface area contributed by atoms with Gasteiger partial charge < -0.3 is 10.6 Å². The molecule has 0 aromatic heterocycles. The lowest BCUT2D eigenvalue weighted by Crippen LogP contribution is -2.28. The molecule has 0 heterocycles. The summed E-state index contributed by atoms with van der Waals surface area (Å²) < 4.78 is 13.3. The Hall–Kier alpha value is -1.13. The van der Waals surface area contributed by atoms with Crippen LogP contribution in [0.3, 0.4) is 0 Å². The molecule has 0 unspecified atom stereocenters.